The van der Waals surface area contributed by atoms with Crippen molar-refractivity contribution in [2.75, 3.05) is 0 Å². The van der Waals surface area contributed by atoms with Gasteiger partial charge in [-0.2, -0.15) is 0 Å². The van der Waals surface area contributed by atoms with Crippen LogP contribution in [0.3, 0.4) is 0 Å². The Bertz CT molecular complexity index is 365. The summed E-state index contributed by atoms with van der Waals surface area (Å²) >= 11 is 0. The third-order valence-electron chi connectivity index (χ3n) is 4.19. The number of nitrogens with one attached hydrogen (secondary N) is 1. The Balaban J connectivity index is 1.60. The summed E-state index contributed by atoms with van der Waals surface area (Å²) in [5.74, 6) is 0.952. The zero-order valence-electron chi connectivity index (χ0n) is 10.1. The van der Waals surface area contributed by atoms with Crippen LogP contribution in [0.1, 0.15) is 37.3 Å². The molecule has 2 aliphatic carbocycles. The number of benzene rings is 1. The summed E-state index contributed by atoms with van der Waals surface area (Å²) in [5, 5.41) is 3.83. The van der Waals surface area contributed by atoms with Crippen LogP contribution >= 0.6 is 0 Å². The van der Waals surface area contributed by atoms with Gasteiger partial charge >= 0.3 is 0 Å². The predicted molar refractivity (Wildman–Crippen MR) is 67.6 cm³/mol. The molecule has 16 heavy (non-hydrogen) atoms. The zero-order valence-corrected chi connectivity index (χ0v) is 10.1. The lowest BCUT2D eigenvalue weighted by molar-refractivity contribution is 0.215. The van der Waals surface area contributed by atoms with Crippen LogP contribution in [0.25, 0.3) is 0 Å². The monoisotopic (exact) mass is 215 g/mol. The summed E-state index contributed by atoms with van der Waals surface area (Å²) < 4.78 is 0. The minimum Gasteiger partial charge on any atom is -0.311 e. The Hall–Kier alpha value is -0.820. The SMILES string of the molecule is CC1CC(NC2CCc3ccccc3C2)C1. The number of hydrogen-bond donors (Lipinski definition) is 1. The standard InChI is InChI=1S/C15H21N/c1-11-8-15(9-11)16-14-7-6-12-4-2-3-5-13(12)10-14/h2-5,11,14-16H,6-10H2,1H3. The Morgan fingerprint density at radius 1 is 1.06 bits per heavy atom. The van der Waals surface area contributed by atoms with Gasteiger partial charge in [0.25, 0.3) is 0 Å². The zero-order chi connectivity index (χ0) is 11.0. The molecule has 0 heterocycles. The largest absolute Gasteiger partial charge is 0.311 e. The first-order valence-corrected chi connectivity index (χ1v) is 6.64. The van der Waals surface area contributed by atoms with Gasteiger partial charge in [0, 0.05) is 12.1 Å². The fourth-order valence-electron chi connectivity index (χ4n) is 3.21. The van der Waals surface area contributed by atoms with Crippen molar-refractivity contribution in [2.24, 2.45) is 5.92 Å². The van der Waals surface area contributed by atoms with E-state index >= 15 is 0 Å². The molecule has 0 spiro atoms. The molecule has 1 atom stereocenters. The Morgan fingerprint density at radius 3 is 2.56 bits per heavy atom. The van der Waals surface area contributed by atoms with Crippen molar-refractivity contribution >= 4 is 0 Å². The highest BCUT2D eigenvalue weighted by Crippen LogP contribution is 2.28. The maximum Gasteiger partial charge on any atom is 0.0113 e. The van der Waals surface area contributed by atoms with Crippen molar-refractivity contribution in [1.29, 1.82) is 0 Å². The summed E-state index contributed by atoms with van der Waals surface area (Å²) in [6, 6.07) is 10.5. The molecule has 0 saturated heterocycles. The van der Waals surface area contributed by atoms with Gasteiger partial charge in [0.05, 0.1) is 0 Å². The van der Waals surface area contributed by atoms with Crippen LogP contribution in [0.2, 0.25) is 0 Å². The average Bonchev–Trinajstić information content (AvgIpc) is 2.27. The molecule has 2 aliphatic rings. The highest BCUT2D eigenvalue weighted by Gasteiger charge is 2.28. The second-order valence-electron chi connectivity index (χ2n) is 5.65. The van der Waals surface area contributed by atoms with Gasteiger partial charge in [-0.1, -0.05) is 31.2 Å². The van der Waals surface area contributed by atoms with Crippen LogP contribution in [-0.4, -0.2) is 12.1 Å². The Kier molecular flexibility index (Phi) is 2.72. The first kappa shape index (κ1) is 10.3. The lowest BCUT2D eigenvalue weighted by Gasteiger charge is -2.38. The van der Waals surface area contributed by atoms with Gasteiger partial charge in [0.1, 0.15) is 0 Å². The number of rotatable bonds is 2. The molecule has 1 aromatic carbocycles. The molecule has 1 N–H and O–H groups in total. The van der Waals surface area contributed by atoms with Gasteiger partial charge in [-0.3, -0.25) is 0 Å². The lowest BCUT2D eigenvalue weighted by atomic mass is 9.80. The van der Waals surface area contributed by atoms with Crippen LogP contribution in [0.5, 0.6) is 0 Å². The first-order chi connectivity index (χ1) is 7.81. The molecule has 1 saturated carbocycles. The summed E-state index contributed by atoms with van der Waals surface area (Å²) in [7, 11) is 0. The smallest absolute Gasteiger partial charge is 0.0113 e. The van der Waals surface area contributed by atoms with Crippen LogP contribution in [0, 0.1) is 5.92 Å². The minimum atomic E-state index is 0.729. The van der Waals surface area contributed by atoms with E-state index in [0.29, 0.717) is 0 Å². The fourth-order valence-corrected chi connectivity index (χ4v) is 3.21. The molecule has 3 rings (SSSR count). The van der Waals surface area contributed by atoms with Gasteiger partial charge in [0.15, 0.2) is 0 Å². The molecular formula is C15H21N. The van der Waals surface area contributed by atoms with Gasteiger partial charge in [-0.25, -0.2) is 0 Å². The van der Waals surface area contributed by atoms with E-state index in [1.807, 2.05) is 0 Å². The lowest BCUT2D eigenvalue weighted by Crippen LogP contribution is -2.47. The van der Waals surface area contributed by atoms with Crippen molar-refractivity contribution < 1.29 is 0 Å². The normalized spacial score (nSPS) is 32.9. The van der Waals surface area contributed by atoms with E-state index in [1.54, 1.807) is 11.1 Å². The summed E-state index contributed by atoms with van der Waals surface area (Å²) in [6.07, 6.45) is 6.59. The second kappa shape index (κ2) is 4.21. The van der Waals surface area contributed by atoms with Crippen molar-refractivity contribution in [1.82, 2.24) is 5.32 Å². The van der Waals surface area contributed by atoms with Crippen LogP contribution in [0.15, 0.2) is 24.3 Å². The molecule has 1 heteroatoms. The second-order valence-corrected chi connectivity index (χ2v) is 5.65. The van der Waals surface area contributed by atoms with Gasteiger partial charge in [0.2, 0.25) is 0 Å². The topological polar surface area (TPSA) is 12.0 Å². The van der Waals surface area contributed by atoms with Crippen LogP contribution in [-0.2, 0) is 12.8 Å². The molecule has 0 radical (unpaired) electrons. The fraction of sp³-hybridized carbons (Fsp3) is 0.600. The van der Waals surface area contributed by atoms with E-state index in [2.05, 4.69) is 36.5 Å². The van der Waals surface area contributed by atoms with E-state index in [9.17, 15) is 0 Å². The van der Waals surface area contributed by atoms with Crippen molar-refractivity contribution in [3.8, 4) is 0 Å². The van der Waals surface area contributed by atoms with E-state index in [1.165, 1.54) is 32.1 Å². The molecular weight excluding hydrogens is 194 g/mol. The number of fused-ring (bicyclic) bond motifs is 1. The van der Waals surface area contributed by atoms with Gasteiger partial charge in [-0.05, 0) is 49.1 Å². The quantitative estimate of drug-likeness (QED) is 0.800. The molecule has 0 bridgehead atoms. The molecule has 86 valence electrons. The Labute approximate surface area is 98.3 Å². The highest BCUT2D eigenvalue weighted by molar-refractivity contribution is 5.30. The van der Waals surface area contributed by atoms with E-state index < -0.39 is 0 Å². The van der Waals surface area contributed by atoms with Crippen LogP contribution in [0.4, 0.5) is 0 Å². The predicted octanol–water partition coefficient (Wildman–Crippen LogP) is 2.93. The molecule has 0 aromatic heterocycles. The third kappa shape index (κ3) is 2.01. The van der Waals surface area contributed by atoms with Crippen LogP contribution < -0.4 is 5.32 Å². The molecule has 0 aliphatic heterocycles. The van der Waals surface area contributed by atoms with E-state index in [4.69, 9.17) is 0 Å². The summed E-state index contributed by atoms with van der Waals surface area (Å²) in [6.45, 7) is 2.36. The third-order valence-corrected chi connectivity index (χ3v) is 4.19. The molecule has 1 fully saturated rings. The first-order valence-electron chi connectivity index (χ1n) is 6.64. The molecule has 1 nitrogen and oxygen atoms in total. The number of hydrogen-bond acceptors (Lipinski definition) is 1. The molecule has 1 aromatic rings. The van der Waals surface area contributed by atoms with Crippen molar-refractivity contribution in [3.63, 3.8) is 0 Å². The van der Waals surface area contributed by atoms with Gasteiger partial charge in [-0.15, -0.1) is 0 Å². The van der Waals surface area contributed by atoms with Gasteiger partial charge < -0.3 is 5.32 Å². The maximum absolute atomic E-state index is 3.83. The summed E-state index contributed by atoms with van der Waals surface area (Å²) in [5.41, 5.74) is 3.14. The van der Waals surface area contributed by atoms with Crippen molar-refractivity contribution in [2.45, 2.75) is 51.1 Å². The molecule has 1 unspecified atom stereocenters. The Morgan fingerprint density at radius 2 is 1.81 bits per heavy atom. The number of aryl methyl sites for hydroxylation is 1. The summed E-state index contributed by atoms with van der Waals surface area (Å²) in [4.78, 5) is 0. The van der Waals surface area contributed by atoms with E-state index in [0.717, 1.165) is 18.0 Å². The van der Waals surface area contributed by atoms with E-state index in [-0.39, 0.29) is 0 Å². The highest BCUT2D eigenvalue weighted by atomic mass is 15.0. The minimum absolute atomic E-state index is 0.729. The molecule has 0 amide bonds. The average molecular weight is 215 g/mol. The maximum atomic E-state index is 3.83. The van der Waals surface area contributed by atoms with Crippen molar-refractivity contribution in [3.05, 3.63) is 35.4 Å².